The van der Waals surface area contributed by atoms with Crippen LogP contribution in [0.4, 0.5) is 0 Å². The van der Waals surface area contributed by atoms with E-state index in [-0.39, 0.29) is 27.4 Å². The van der Waals surface area contributed by atoms with E-state index in [1.165, 1.54) is 22.0 Å². The van der Waals surface area contributed by atoms with Gasteiger partial charge in [0, 0.05) is 31.7 Å². The summed E-state index contributed by atoms with van der Waals surface area (Å²) in [6.45, 7) is 10.2. The van der Waals surface area contributed by atoms with Gasteiger partial charge in [0.2, 0.25) is 10.0 Å². The molecule has 0 unspecified atom stereocenters. The molecule has 0 radical (unpaired) electrons. The number of hydrogen-bond donors (Lipinski definition) is 1. The third-order valence-electron chi connectivity index (χ3n) is 5.97. The first kappa shape index (κ1) is 23.7. The zero-order valence-corrected chi connectivity index (χ0v) is 20.3. The maximum atomic E-state index is 13.1. The van der Waals surface area contributed by atoms with Crippen molar-refractivity contribution in [2.24, 2.45) is 0 Å². The molecule has 1 amide bonds. The normalized spacial score (nSPS) is 16.8. The van der Waals surface area contributed by atoms with E-state index < -0.39 is 10.0 Å². The lowest BCUT2D eigenvalue weighted by Gasteiger charge is -2.31. The number of rotatable bonds is 5. The van der Waals surface area contributed by atoms with Gasteiger partial charge in [-0.3, -0.25) is 4.79 Å². The van der Waals surface area contributed by atoms with Gasteiger partial charge < -0.3 is 10.2 Å². The van der Waals surface area contributed by atoms with Crippen molar-refractivity contribution in [2.75, 3.05) is 33.2 Å². The second-order valence-electron chi connectivity index (χ2n) is 8.34. The van der Waals surface area contributed by atoms with Crippen LogP contribution in [0.2, 0.25) is 5.02 Å². The molecule has 1 heterocycles. The fourth-order valence-corrected chi connectivity index (χ4v) is 5.74. The van der Waals surface area contributed by atoms with E-state index in [0.717, 1.165) is 16.7 Å². The van der Waals surface area contributed by atoms with E-state index in [1.54, 1.807) is 6.07 Å². The molecule has 3 rings (SSSR count). The molecule has 0 aliphatic carbocycles. The van der Waals surface area contributed by atoms with Gasteiger partial charge in [-0.15, -0.1) is 0 Å². The molecular weight excluding hydrogens is 434 g/mol. The highest BCUT2D eigenvalue weighted by atomic mass is 35.5. The molecule has 0 aromatic heterocycles. The lowest BCUT2D eigenvalue weighted by molar-refractivity contribution is 0.0939. The van der Waals surface area contributed by atoms with Crippen molar-refractivity contribution in [3.05, 3.63) is 63.2 Å². The number of carbonyl (C=O) groups is 1. The number of nitrogens with one attached hydrogen (secondary N) is 1. The van der Waals surface area contributed by atoms with Gasteiger partial charge in [0.15, 0.2) is 0 Å². The molecule has 0 spiro atoms. The molecule has 8 heteroatoms. The molecule has 1 atom stereocenters. The van der Waals surface area contributed by atoms with Crippen molar-refractivity contribution in [3.8, 4) is 0 Å². The number of benzene rings is 2. The zero-order chi connectivity index (χ0) is 22.9. The average Bonchev–Trinajstić information content (AvgIpc) is 2.71. The lowest BCUT2D eigenvalue weighted by Crippen LogP contribution is -2.47. The van der Waals surface area contributed by atoms with Crippen LogP contribution < -0.4 is 5.32 Å². The van der Waals surface area contributed by atoms with Crippen molar-refractivity contribution < 1.29 is 13.2 Å². The third-order valence-corrected chi connectivity index (χ3v) is 8.35. The molecule has 0 bridgehead atoms. The lowest BCUT2D eigenvalue weighted by atomic mass is 9.96. The van der Waals surface area contributed by atoms with Crippen LogP contribution in [0, 0.1) is 20.8 Å². The summed E-state index contributed by atoms with van der Waals surface area (Å²) in [5.41, 5.74) is 4.77. The molecule has 168 valence electrons. The molecule has 1 aliphatic heterocycles. The van der Waals surface area contributed by atoms with Crippen LogP contribution in [0.25, 0.3) is 0 Å². The number of piperazine rings is 1. The Bertz CT molecular complexity index is 1090. The molecule has 6 nitrogen and oxygen atoms in total. The summed E-state index contributed by atoms with van der Waals surface area (Å²) in [6, 6.07) is 8.38. The fraction of sp³-hybridized carbons (Fsp3) is 0.435. The first-order chi connectivity index (χ1) is 14.5. The third kappa shape index (κ3) is 5.12. The Morgan fingerprint density at radius 2 is 1.61 bits per heavy atom. The SMILES string of the molecule is Cc1cc(C)c([C@@H](C)NC(=O)c2ccc(Cl)c(S(=O)(=O)N3CCN(C)CC3)c2)cc1C. The molecule has 2 aromatic rings. The van der Waals surface area contributed by atoms with Crippen LogP contribution in [0.15, 0.2) is 35.2 Å². The topological polar surface area (TPSA) is 69.7 Å². The Hall–Kier alpha value is -1.93. The van der Waals surface area contributed by atoms with Crippen molar-refractivity contribution in [3.63, 3.8) is 0 Å². The van der Waals surface area contributed by atoms with E-state index in [4.69, 9.17) is 11.6 Å². The fourth-order valence-electron chi connectivity index (χ4n) is 3.82. The van der Waals surface area contributed by atoms with Crippen LogP contribution in [0.3, 0.4) is 0 Å². The van der Waals surface area contributed by atoms with Crippen LogP contribution in [0.1, 0.15) is 45.6 Å². The van der Waals surface area contributed by atoms with Crippen molar-refractivity contribution in [1.29, 1.82) is 0 Å². The van der Waals surface area contributed by atoms with Gasteiger partial charge in [0.25, 0.3) is 5.91 Å². The van der Waals surface area contributed by atoms with Gasteiger partial charge in [-0.05, 0) is 75.2 Å². The van der Waals surface area contributed by atoms with E-state index >= 15 is 0 Å². The number of hydrogen-bond acceptors (Lipinski definition) is 4. The van der Waals surface area contributed by atoms with E-state index in [2.05, 4.69) is 29.3 Å². The minimum atomic E-state index is -3.78. The number of carbonyl (C=O) groups excluding carboxylic acids is 1. The first-order valence-corrected chi connectivity index (χ1v) is 12.2. The monoisotopic (exact) mass is 463 g/mol. The predicted octanol–water partition coefficient (Wildman–Crippen LogP) is 3.69. The van der Waals surface area contributed by atoms with Gasteiger partial charge in [-0.2, -0.15) is 4.31 Å². The summed E-state index contributed by atoms with van der Waals surface area (Å²) in [5.74, 6) is -0.336. The summed E-state index contributed by atoms with van der Waals surface area (Å²) in [4.78, 5) is 15.0. The van der Waals surface area contributed by atoms with E-state index in [9.17, 15) is 13.2 Å². The van der Waals surface area contributed by atoms with Gasteiger partial charge in [-0.25, -0.2) is 8.42 Å². The molecular formula is C23H30ClN3O3S. The average molecular weight is 464 g/mol. The quantitative estimate of drug-likeness (QED) is 0.734. The van der Waals surface area contributed by atoms with Gasteiger partial charge >= 0.3 is 0 Å². The Kier molecular flexibility index (Phi) is 7.11. The predicted molar refractivity (Wildman–Crippen MR) is 124 cm³/mol. The summed E-state index contributed by atoms with van der Waals surface area (Å²) >= 11 is 6.24. The Morgan fingerprint density at radius 3 is 2.26 bits per heavy atom. The zero-order valence-electron chi connectivity index (χ0n) is 18.7. The van der Waals surface area contributed by atoms with Crippen LogP contribution in [0.5, 0.6) is 0 Å². The highest BCUT2D eigenvalue weighted by Gasteiger charge is 2.30. The Labute approximate surface area is 190 Å². The minimum absolute atomic E-state index is 0.0265. The standard InChI is InChI=1S/C23H30ClN3O3S/c1-15-12-17(3)20(13-16(15)2)18(4)25-23(28)19-6-7-21(24)22(14-19)31(29,30)27-10-8-26(5)9-11-27/h6-7,12-14,18H,8-11H2,1-5H3,(H,25,28)/t18-/m1/s1. The molecule has 1 N–H and O–H groups in total. The molecule has 2 aromatic carbocycles. The number of nitrogens with zero attached hydrogens (tertiary/aromatic N) is 2. The molecule has 1 aliphatic rings. The minimum Gasteiger partial charge on any atom is -0.346 e. The number of amides is 1. The van der Waals surface area contributed by atoms with Crippen molar-refractivity contribution in [2.45, 2.75) is 38.6 Å². The molecule has 0 saturated carbocycles. The number of halogens is 1. The number of likely N-dealkylation sites (N-methyl/N-ethyl adjacent to an activating group) is 1. The van der Waals surface area contributed by atoms with E-state index in [0.29, 0.717) is 26.2 Å². The van der Waals surface area contributed by atoms with E-state index in [1.807, 2.05) is 27.8 Å². The summed E-state index contributed by atoms with van der Waals surface area (Å²) in [5, 5.41) is 3.11. The molecule has 1 fully saturated rings. The summed E-state index contributed by atoms with van der Waals surface area (Å²) < 4.78 is 27.7. The van der Waals surface area contributed by atoms with Crippen LogP contribution in [-0.2, 0) is 10.0 Å². The first-order valence-electron chi connectivity index (χ1n) is 10.4. The molecule has 31 heavy (non-hydrogen) atoms. The smallest absolute Gasteiger partial charge is 0.251 e. The van der Waals surface area contributed by atoms with Crippen molar-refractivity contribution in [1.82, 2.24) is 14.5 Å². The van der Waals surface area contributed by atoms with Gasteiger partial charge in [0.1, 0.15) is 4.90 Å². The van der Waals surface area contributed by atoms with Crippen molar-refractivity contribution >= 4 is 27.5 Å². The summed E-state index contributed by atoms with van der Waals surface area (Å²) in [6.07, 6.45) is 0. The van der Waals surface area contributed by atoms with Crippen LogP contribution >= 0.6 is 11.6 Å². The maximum Gasteiger partial charge on any atom is 0.251 e. The highest BCUT2D eigenvalue weighted by molar-refractivity contribution is 7.89. The Morgan fingerprint density at radius 1 is 1.00 bits per heavy atom. The van der Waals surface area contributed by atoms with Gasteiger partial charge in [-0.1, -0.05) is 23.7 Å². The highest BCUT2D eigenvalue weighted by Crippen LogP contribution is 2.27. The Balaban J connectivity index is 1.84. The second kappa shape index (κ2) is 9.28. The number of sulfonamides is 1. The summed E-state index contributed by atoms with van der Waals surface area (Å²) in [7, 11) is -1.82. The molecule has 1 saturated heterocycles. The van der Waals surface area contributed by atoms with Gasteiger partial charge in [0.05, 0.1) is 11.1 Å². The van der Waals surface area contributed by atoms with Crippen LogP contribution in [-0.4, -0.2) is 56.8 Å². The largest absolute Gasteiger partial charge is 0.346 e. The number of aryl methyl sites for hydroxylation is 3. The second-order valence-corrected chi connectivity index (χ2v) is 10.7. The maximum absolute atomic E-state index is 13.1.